The molecule has 142 valence electrons. The van der Waals surface area contributed by atoms with Crippen LogP contribution in [0.1, 0.15) is 53.8 Å². The average molecular weight is 366 g/mol. The van der Waals surface area contributed by atoms with Gasteiger partial charge < -0.3 is 15.0 Å². The number of para-hydroxylation sites is 1. The lowest BCUT2D eigenvalue weighted by Gasteiger charge is -2.26. The third kappa shape index (κ3) is 4.88. The minimum absolute atomic E-state index is 0.0148. The van der Waals surface area contributed by atoms with Crippen LogP contribution in [-0.4, -0.2) is 35.9 Å². The van der Waals surface area contributed by atoms with Crippen molar-refractivity contribution in [3.8, 4) is 5.75 Å². The Morgan fingerprint density at radius 1 is 0.963 bits per heavy atom. The highest BCUT2D eigenvalue weighted by Crippen LogP contribution is 2.21. The quantitative estimate of drug-likeness (QED) is 0.856. The minimum Gasteiger partial charge on any atom is -0.490 e. The van der Waals surface area contributed by atoms with E-state index in [1.54, 1.807) is 36.4 Å². The summed E-state index contributed by atoms with van der Waals surface area (Å²) in [4.78, 5) is 27.0. The van der Waals surface area contributed by atoms with E-state index < -0.39 is 0 Å². The van der Waals surface area contributed by atoms with Gasteiger partial charge in [0, 0.05) is 24.3 Å². The fourth-order valence-corrected chi connectivity index (χ4v) is 3.19. The molecule has 0 atom stereocenters. The van der Waals surface area contributed by atoms with Crippen molar-refractivity contribution in [3.63, 3.8) is 0 Å². The van der Waals surface area contributed by atoms with E-state index in [9.17, 15) is 9.59 Å². The molecule has 0 spiro atoms. The third-order valence-corrected chi connectivity index (χ3v) is 4.53. The van der Waals surface area contributed by atoms with Gasteiger partial charge in [-0.25, -0.2) is 0 Å². The van der Waals surface area contributed by atoms with Gasteiger partial charge in [-0.3, -0.25) is 9.59 Å². The van der Waals surface area contributed by atoms with Crippen LogP contribution in [0.4, 0.5) is 5.69 Å². The molecule has 27 heavy (non-hydrogen) atoms. The second kappa shape index (κ2) is 8.71. The van der Waals surface area contributed by atoms with Crippen molar-refractivity contribution in [2.45, 2.75) is 39.2 Å². The van der Waals surface area contributed by atoms with Gasteiger partial charge >= 0.3 is 0 Å². The molecule has 2 aromatic carbocycles. The number of nitrogens with one attached hydrogen (secondary N) is 1. The first kappa shape index (κ1) is 19.0. The van der Waals surface area contributed by atoms with Gasteiger partial charge in [-0.1, -0.05) is 12.1 Å². The van der Waals surface area contributed by atoms with E-state index in [-0.39, 0.29) is 17.9 Å². The van der Waals surface area contributed by atoms with E-state index >= 15 is 0 Å². The molecule has 0 bridgehead atoms. The summed E-state index contributed by atoms with van der Waals surface area (Å²) >= 11 is 0. The fraction of sp³-hybridized carbons (Fsp3) is 0.364. The SMILES string of the molecule is CC(C)Oc1ccccc1C(=O)Nc1ccc(C(=O)N2CCCCC2)cc1. The summed E-state index contributed by atoms with van der Waals surface area (Å²) in [5.74, 6) is 0.381. The first-order chi connectivity index (χ1) is 13.0. The highest BCUT2D eigenvalue weighted by Gasteiger charge is 2.18. The Morgan fingerprint density at radius 2 is 1.63 bits per heavy atom. The number of piperidine rings is 1. The Balaban J connectivity index is 1.68. The Labute approximate surface area is 160 Å². The molecule has 0 aliphatic carbocycles. The first-order valence-electron chi connectivity index (χ1n) is 9.51. The second-order valence-electron chi connectivity index (χ2n) is 7.05. The van der Waals surface area contributed by atoms with Crippen LogP contribution in [0.15, 0.2) is 48.5 Å². The largest absolute Gasteiger partial charge is 0.490 e. The number of likely N-dealkylation sites (tertiary alicyclic amines) is 1. The third-order valence-electron chi connectivity index (χ3n) is 4.53. The zero-order valence-corrected chi connectivity index (χ0v) is 15.9. The lowest BCUT2D eigenvalue weighted by molar-refractivity contribution is 0.0724. The van der Waals surface area contributed by atoms with Gasteiger partial charge in [-0.15, -0.1) is 0 Å². The summed E-state index contributed by atoms with van der Waals surface area (Å²) in [5, 5.41) is 2.87. The molecule has 1 saturated heterocycles. The molecule has 5 nitrogen and oxygen atoms in total. The number of carbonyl (C=O) groups is 2. The van der Waals surface area contributed by atoms with E-state index in [2.05, 4.69) is 5.32 Å². The lowest BCUT2D eigenvalue weighted by atomic mass is 10.1. The zero-order chi connectivity index (χ0) is 19.2. The van der Waals surface area contributed by atoms with E-state index in [1.807, 2.05) is 30.9 Å². The number of carbonyl (C=O) groups excluding carboxylic acids is 2. The number of nitrogens with zero attached hydrogens (tertiary/aromatic N) is 1. The van der Waals surface area contributed by atoms with E-state index in [0.717, 1.165) is 25.9 Å². The highest BCUT2D eigenvalue weighted by atomic mass is 16.5. The molecule has 1 fully saturated rings. The Kier molecular flexibility index (Phi) is 6.12. The van der Waals surface area contributed by atoms with Crippen molar-refractivity contribution in [1.82, 2.24) is 4.90 Å². The van der Waals surface area contributed by atoms with Crippen LogP contribution in [-0.2, 0) is 0 Å². The maximum Gasteiger partial charge on any atom is 0.259 e. The van der Waals surface area contributed by atoms with Gasteiger partial charge in [0.15, 0.2) is 0 Å². The van der Waals surface area contributed by atoms with Crippen molar-refractivity contribution in [3.05, 3.63) is 59.7 Å². The summed E-state index contributed by atoms with van der Waals surface area (Å²) in [7, 11) is 0. The van der Waals surface area contributed by atoms with Crippen molar-refractivity contribution in [2.24, 2.45) is 0 Å². The van der Waals surface area contributed by atoms with Gasteiger partial charge in [0.05, 0.1) is 11.7 Å². The molecular weight excluding hydrogens is 340 g/mol. The Bertz CT molecular complexity index is 793. The zero-order valence-electron chi connectivity index (χ0n) is 15.9. The predicted octanol–water partition coefficient (Wildman–Crippen LogP) is 4.35. The number of anilines is 1. The number of amides is 2. The molecule has 3 rings (SSSR count). The molecule has 0 aromatic heterocycles. The molecule has 0 radical (unpaired) electrons. The molecule has 2 aromatic rings. The van der Waals surface area contributed by atoms with Gasteiger partial charge in [0.25, 0.3) is 11.8 Å². The molecule has 0 saturated carbocycles. The Morgan fingerprint density at radius 3 is 2.30 bits per heavy atom. The maximum atomic E-state index is 12.6. The minimum atomic E-state index is -0.235. The topological polar surface area (TPSA) is 58.6 Å². The van der Waals surface area contributed by atoms with Crippen LogP contribution in [0.3, 0.4) is 0 Å². The second-order valence-corrected chi connectivity index (χ2v) is 7.05. The van der Waals surface area contributed by atoms with E-state index in [4.69, 9.17) is 4.74 Å². The number of hydrogen-bond donors (Lipinski definition) is 1. The number of rotatable bonds is 5. The molecule has 5 heteroatoms. The lowest BCUT2D eigenvalue weighted by Crippen LogP contribution is -2.35. The predicted molar refractivity (Wildman–Crippen MR) is 106 cm³/mol. The van der Waals surface area contributed by atoms with Crippen LogP contribution in [0.5, 0.6) is 5.75 Å². The van der Waals surface area contributed by atoms with Crippen LogP contribution in [0.2, 0.25) is 0 Å². The summed E-state index contributed by atoms with van der Waals surface area (Å²) in [6.45, 7) is 5.49. The van der Waals surface area contributed by atoms with Gasteiger partial charge in [-0.05, 0) is 69.5 Å². The summed E-state index contributed by atoms with van der Waals surface area (Å²) in [6.07, 6.45) is 3.31. The van der Waals surface area contributed by atoms with Crippen molar-refractivity contribution in [1.29, 1.82) is 0 Å². The number of ether oxygens (including phenoxy) is 1. The first-order valence-corrected chi connectivity index (χ1v) is 9.51. The summed E-state index contributed by atoms with van der Waals surface area (Å²) in [6, 6.07) is 14.2. The normalized spacial score (nSPS) is 14.1. The number of benzene rings is 2. The summed E-state index contributed by atoms with van der Waals surface area (Å²) < 4.78 is 5.71. The van der Waals surface area contributed by atoms with Crippen LogP contribution < -0.4 is 10.1 Å². The van der Waals surface area contributed by atoms with Crippen molar-refractivity contribution >= 4 is 17.5 Å². The van der Waals surface area contributed by atoms with Gasteiger partial charge in [-0.2, -0.15) is 0 Å². The maximum absolute atomic E-state index is 12.6. The monoisotopic (exact) mass is 366 g/mol. The van der Waals surface area contributed by atoms with Gasteiger partial charge in [0.1, 0.15) is 5.75 Å². The van der Waals surface area contributed by atoms with Crippen LogP contribution >= 0.6 is 0 Å². The standard InChI is InChI=1S/C22H26N2O3/c1-16(2)27-20-9-5-4-8-19(20)21(25)23-18-12-10-17(11-13-18)22(26)24-14-6-3-7-15-24/h4-5,8-13,16H,3,6-7,14-15H2,1-2H3,(H,23,25). The van der Waals surface area contributed by atoms with Gasteiger partial charge in [0.2, 0.25) is 0 Å². The molecule has 0 unspecified atom stereocenters. The molecule has 1 aliphatic rings. The van der Waals surface area contributed by atoms with Crippen LogP contribution in [0.25, 0.3) is 0 Å². The van der Waals surface area contributed by atoms with Crippen molar-refractivity contribution in [2.75, 3.05) is 18.4 Å². The molecule has 1 aliphatic heterocycles. The molecule has 1 heterocycles. The summed E-state index contributed by atoms with van der Waals surface area (Å²) in [5.41, 5.74) is 1.78. The van der Waals surface area contributed by atoms with Crippen LogP contribution in [0, 0.1) is 0 Å². The molecular formula is C22H26N2O3. The highest BCUT2D eigenvalue weighted by molar-refractivity contribution is 6.06. The molecule has 2 amide bonds. The average Bonchev–Trinajstić information content (AvgIpc) is 2.68. The Hall–Kier alpha value is -2.82. The molecule has 1 N–H and O–H groups in total. The fourth-order valence-electron chi connectivity index (χ4n) is 3.19. The van der Waals surface area contributed by atoms with E-state index in [1.165, 1.54) is 6.42 Å². The number of hydrogen-bond acceptors (Lipinski definition) is 3. The smallest absolute Gasteiger partial charge is 0.259 e. The van der Waals surface area contributed by atoms with E-state index in [0.29, 0.717) is 22.6 Å². The van der Waals surface area contributed by atoms with Crippen molar-refractivity contribution < 1.29 is 14.3 Å².